The number of nitrogens with two attached hydrogens (primary N) is 1. The van der Waals surface area contributed by atoms with Gasteiger partial charge in [0.2, 0.25) is 10.0 Å². The molecule has 0 radical (unpaired) electrons. The Labute approximate surface area is 153 Å². The highest BCUT2D eigenvalue weighted by molar-refractivity contribution is 7.89. The smallest absolute Gasteiger partial charge is 0.271 e. The Morgan fingerprint density at radius 1 is 1.15 bits per heavy atom. The second kappa shape index (κ2) is 8.72. The average Bonchev–Trinajstić information content (AvgIpc) is 2.61. The third-order valence-electron chi connectivity index (χ3n) is 3.85. The van der Waals surface area contributed by atoms with Crippen molar-refractivity contribution in [2.75, 3.05) is 11.9 Å². The number of sulfonamides is 1. The Bertz CT molecular complexity index is 836. The number of carbonyl (C=O) groups is 1. The van der Waals surface area contributed by atoms with E-state index < -0.39 is 10.0 Å². The van der Waals surface area contributed by atoms with Gasteiger partial charge in [-0.05, 0) is 49.6 Å². The average molecular weight is 377 g/mol. The molecule has 1 aromatic heterocycles. The summed E-state index contributed by atoms with van der Waals surface area (Å²) in [4.78, 5) is 12.1. The van der Waals surface area contributed by atoms with Gasteiger partial charge in [-0.1, -0.05) is 19.1 Å². The van der Waals surface area contributed by atoms with Gasteiger partial charge in [0.25, 0.3) is 5.91 Å². The van der Waals surface area contributed by atoms with Gasteiger partial charge in [-0.3, -0.25) is 4.79 Å². The third kappa shape index (κ3) is 5.78. The lowest BCUT2D eigenvalue weighted by atomic mass is 10.1. The molecule has 1 atom stereocenters. The van der Waals surface area contributed by atoms with E-state index in [1.807, 2.05) is 6.92 Å². The number of nitrogens with zero attached hydrogens (tertiary/aromatic N) is 2. The van der Waals surface area contributed by atoms with E-state index in [2.05, 4.69) is 27.8 Å². The van der Waals surface area contributed by atoms with Crippen molar-refractivity contribution < 1.29 is 13.2 Å². The highest BCUT2D eigenvalue weighted by atomic mass is 32.2. The van der Waals surface area contributed by atoms with Crippen LogP contribution in [0.2, 0.25) is 0 Å². The first-order valence-corrected chi connectivity index (χ1v) is 9.84. The topological polar surface area (TPSA) is 127 Å². The zero-order valence-corrected chi connectivity index (χ0v) is 15.6. The van der Waals surface area contributed by atoms with E-state index in [-0.39, 0.29) is 22.5 Å². The lowest BCUT2D eigenvalue weighted by molar-refractivity contribution is 0.0948. The molecule has 0 spiro atoms. The number of carbonyl (C=O) groups excluding carboxylic acids is 1. The number of hydrogen-bond donors (Lipinski definition) is 3. The highest BCUT2D eigenvalue weighted by Crippen LogP contribution is 2.09. The van der Waals surface area contributed by atoms with Crippen LogP contribution >= 0.6 is 0 Å². The number of anilines is 1. The minimum absolute atomic E-state index is 0.0617. The fraction of sp³-hybridized carbons (Fsp3) is 0.353. The van der Waals surface area contributed by atoms with Crippen molar-refractivity contribution in [2.24, 2.45) is 5.14 Å². The number of amides is 1. The summed E-state index contributed by atoms with van der Waals surface area (Å²) in [6.07, 6.45) is 1.51. The van der Waals surface area contributed by atoms with E-state index in [0.29, 0.717) is 18.8 Å². The molecule has 8 nitrogen and oxygen atoms in total. The number of rotatable bonds is 8. The number of benzene rings is 1. The molecule has 2 aromatic rings. The Morgan fingerprint density at radius 2 is 1.85 bits per heavy atom. The number of nitrogens with one attached hydrogen (secondary N) is 2. The normalized spacial score (nSPS) is 12.4. The van der Waals surface area contributed by atoms with E-state index in [9.17, 15) is 13.2 Å². The summed E-state index contributed by atoms with van der Waals surface area (Å²) in [6.45, 7) is 4.50. The summed E-state index contributed by atoms with van der Waals surface area (Å²) in [7, 11) is -3.69. The van der Waals surface area contributed by atoms with E-state index in [4.69, 9.17) is 5.14 Å². The fourth-order valence-electron chi connectivity index (χ4n) is 2.14. The first kappa shape index (κ1) is 19.8. The van der Waals surface area contributed by atoms with Gasteiger partial charge in [0.05, 0.1) is 4.90 Å². The van der Waals surface area contributed by atoms with Crippen LogP contribution in [0.25, 0.3) is 0 Å². The highest BCUT2D eigenvalue weighted by Gasteiger charge is 2.09. The van der Waals surface area contributed by atoms with E-state index in [0.717, 1.165) is 12.0 Å². The monoisotopic (exact) mass is 377 g/mol. The third-order valence-corrected chi connectivity index (χ3v) is 4.78. The van der Waals surface area contributed by atoms with Gasteiger partial charge in [0, 0.05) is 12.6 Å². The summed E-state index contributed by atoms with van der Waals surface area (Å²) in [5.41, 5.74) is 1.13. The zero-order valence-electron chi connectivity index (χ0n) is 14.8. The van der Waals surface area contributed by atoms with Gasteiger partial charge >= 0.3 is 0 Å². The number of primary sulfonamides is 1. The van der Waals surface area contributed by atoms with Crippen molar-refractivity contribution in [1.82, 2.24) is 15.5 Å². The van der Waals surface area contributed by atoms with Crippen molar-refractivity contribution in [3.05, 3.63) is 47.7 Å². The van der Waals surface area contributed by atoms with Gasteiger partial charge in [-0.2, -0.15) is 0 Å². The molecule has 0 fully saturated rings. The maximum Gasteiger partial charge on any atom is 0.271 e. The second-order valence-corrected chi connectivity index (χ2v) is 7.51. The van der Waals surface area contributed by atoms with Crippen LogP contribution in [-0.2, 0) is 16.4 Å². The molecule has 0 saturated heterocycles. The number of aromatic nitrogens is 2. The summed E-state index contributed by atoms with van der Waals surface area (Å²) >= 11 is 0. The Kier molecular flexibility index (Phi) is 6.64. The first-order chi connectivity index (χ1) is 12.3. The molecule has 140 valence electrons. The summed E-state index contributed by atoms with van der Waals surface area (Å²) in [5.74, 6) is 0.319. The van der Waals surface area contributed by atoms with Crippen molar-refractivity contribution in [3.63, 3.8) is 0 Å². The molecular weight excluding hydrogens is 354 g/mol. The molecule has 1 heterocycles. The van der Waals surface area contributed by atoms with Crippen LogP contribution in [-0.4, -0.2) is 37.1 Å². The Morgan fingerprint density at radius 3 is 2.38 bits per heavy atom. The van der Waals surface area contributed by atoms with Crippen LogP contribution in [0.5, 0.6) is 0 Å². The van der Waals surface area contributed by atoms with Crippen molar-refractivity contribution in [2.45, 2.75) is 37.6 Å². The Balaban J connectivity index is 1.85. The maximum absolute atomic E-state index is 12.1. The van der Waals surface area contributed by atoms with Crippen LogP contribution in [0.4, 0.5) is 5.82 Å². The maximum atomic E-state index is 12.1. The fourth-order valence-corrected chi connectivity index (χ4v) is 2.66. The number of hydrogen-bond acceptors (Lipinski definition) is 6. The lowest BCUT2D eigenvalue weighted by Crippen LogP contribution is -2.27. The molecule has 0 aliphatic heterocycles. The van der Waals surface area contributed by atoms with Crippen LogP contribution in [0.15, 0.2) is 41.3 Å². The van der Waals surface area contributed by atoms with Gasteiger partial charge in [0.15, 0.2) is 5.69 Å². The summed E-state index contributed by atoms with van der Waals surface area (Å²) < 4.78 is 22.4. The molecule has 2 rings (SSSR count). The van der Waals surface area contributed by atoms with E-state index in [1.165, 1.54) is 12.1 Å². The van der Waals surface area contributed by atoms with Crippen LogP contribution in [0.1, 0.15) is 36.3 Å². The molecule has 1 amide bonds. The largest absolute Gasteiger partial charge is 0.366 e. The quantitative estimate of drug-likeness (QED) is 0.636. The van der Waals surface area contributed by atoms with Gasteiger partial charge in [-0.25, -0.2) is 13.6 Å². The molecule has 0 bridgehead atoms. The molecule has 1 unspecified atom stereocenters. The SMILES string of the molecule is CCC(C)Nc1ccc(C(=O)NCCc2ccc(S(N)(=O)=O)cc2)nn1. The van der Waals surface area contributed by atoms with E-state index >= 15 is 0 Å². The minimum Gasteiger partial charge on any atom is -0.366 e. The van der Waals surface area contributed by atoms with Crippen molar-refractivity contribution in [1.29, 1.82) is 0 Å². The predicted octanol–water partition coefficient (Wildman–Crippen LogP) is 1.31. The van der Waals surface area contributed by atoms with Crippen LogP contribution in [0, 0.1) is 0 Å². The summed E-state index contributed by atoms with van der Waals surface area (Å²) in [5, 5.41) is 18.9. The molecule has 26 heavy (non-hydrogen) atoms. The lowest BCUT2D eigenvalue weighted by Gasteiger charge is -2.11. The van der Waals surface area contributed by atoms with Crippen molar-refractivity contribution in [3.8, 4) is 0 Å². The predicted molar refractivity (Wildman–Crippen MR) is 99.3 cm³/mol. The molecule has 0 saturated carbocycles. The molecule has 1 aromatic carbocycles. The van der Waals surface area contributed by atoms with Crippen LogP contribution in [0.3, 0.4) is 0 Å². The van der Waals surface area contributed by atoms with Gasteiger partial charge < -0.3 is 10.6 Å². The van der Waals surface area contributed by atoms with Gasteiger partial charge in [0.1, 0.15) is 5.82 Å². The van der Waals surface area contributed by atoms with E-state index in [1.54, 1.807) is 24.3 Å². The van der Waals surface area contributed by atoms with Crippen molar-refractivity contribution >= 4 is 21.7 Å². The molecule has 0 aliphatic carbocycles. The zero-order chi connectivity index (χ0) is 19.2. The van der Waals surface area contributed by atoms with Gasteiger partial charge in [-0.15, -0.1) is 10.2 Å². The van der Waals surface area contributed by atoms with Crippen LogP contribution < -0.4 is 15.8 Å². The molecule has 0 aliphatic rings. The molecule has 9 heteroatoms. The first-order valence-electron chi connectivity index (χ1n) is 8.30. The summed E-state index contributed by atoms with van der Waals surface area (Å²) in [6, 6.07) is 9.85. The molecule has 4 N–H and O–H groups in total. The standard InChI is InChI=1S/C17H23N5O3S/c1-3-12(2)20-16-9-8-15(21-22-16)17(23)19-11-10-13-4-6-14(7-5-13)26(18,24)25/h4-9,12H,3,10-11H2,1-2H3,(H,19,23)(H,20,22)(H2,18,24,25). The molecular formula is C17H23N5O3S. The Hall–Kier alpha value is -2.52. The minimum atomic E-state index is -3.69. The second-order valence-electron chi connectivity index (χ2n) is 5.95.